The van der Waals surface area contributed by atoms with Gasteiger partial charge in [0.15, 0.2) is 0 Å². The monoisotopic (exact) mass is 308 g/mol. The van der Waals surface area contributed by atoms with Crippen LogP contribution in [0, 0.1) is 0 Å². The number of alkyl halides is 8. The molecule has 11 heavy (non-hydrogen) atoms. The number of hydrogen-bond acceptors (Lipinski definition) is 0. The van der Waals surface area contributed by atoms with E-state index in [1.54, 1.807) is 0 Å². The Morgan fingerprint density at radius 2 is 1.00 bits per heavy atom. The molecule has 8 heteroatoms. The first-order valence-electron chi connectivity index (χ1n) is 2.01. The summed E-state index contributed by atoms with van der Waals surface area (Å²) in [4.78, 5) is -4.68. The molecule has 0 aromatic rings. The number of rotatable bonds is 1. The van der Waals surface area contributed by atoms with Gasteiger partial charge in [0.05, 0.1) is 0 Å². The molecule has 0 amide bonds. The molecule has 0 aliphatic heterocycles. The summed E-state index contributed by atoms with van der Waals surface area (Å²) in [7, 11) is 0. The normalized spacial score (nSPS) is 19.6. The van der Waals surface area contributed by atoms with E-state index < -0.39 is 15.6 Å². The van der Waals surface area contributed by atoms with Crippen molar-refractivity contribution in [3.05, 3.63) is 0 Å². The molecule has 0 N–H and O–H groups in total. The molecule has 0 saturated heterocycles. The van der Waals surface area contributed by atoms with Crippen molar-refractivity contribution in [1.82, 2.24) is 0 Å². The molecule has 0 aromatic heterocycles. The van der Waals surface area contributed by atoms with Crippen molar-refractivity contribution < 1.29 is 26.3 Å². The minimum absolute atomic E-state index is 1.23. The molecular formula is C3Br2F6. The lowest BCUT2D eigenvalue weighted by Crippen LogP contribution is -2.46. The fraction of sp³-hybridized carbons (Fsp3) is 1.00. The molecule has 0 saturated carbocycles. The molecule has 0 nitrogen and oxygen atoms in total. The predicted octanol–water partition coefficient (Wildman–Crippen LogP) is 3.60. The van der Waals surface area contributed by atoms with Crippen LogP contribution in [-0.2, 0) is 0 Å². The first-order valence-corrected chi connectivity index (χ1v) is 3.60. The van der Waals surface area contributed by atoms with E-state index in [2.05, 4.69) is 0 Å². The average molecular weight is 310 g/mol. The molecule has 0 rings (SSSR count). The van der Waals surface area contributed by atoms with Crippen molar-refractivity contribution in [1.29, 1.82) is 0 Å². The van der Waals surface area contributed by atoms with Gasteiger partial charge in [-0.1, -0.05) is 0 Å². The van der Waals surface area contributed by atoms with E-state index in [4.69, 9.17) is 0 Å². The highest BCUT2D eigenvalue weighted by Gasteiger charge is 2.69. The first kappa shape index (κ1) is 11.5. The lowest BCUT2D eigenvalue weighted by molar-refractivity contribution is -0.231. The molecule has 0 aromatic carbocycles. The Kier molecular flexibility index (Phi) is 2.93. The van der Waals surface area contributed by atoms with E-state index in [9.17, 15) is 26.3 Å². The van der Waals surface area contributed by atoms with Crippen LogP contribution in [0.25, 0.3) is 0 Å². The molecule has 1 atom stereocenters. The van der Waals surface area contributed by atoms with Crippen LogP contribution < -0.4 is 0 Å². The lowest BCUT2D eigenvalue weighted by atomic mass is 10.4. The molecule has 0 fully saturated rings. The number of hydrogen-bond donors (Lipinski definition) is 0. The maximum atomic E-state index is 12.1. The van der Waals surface area contributed by atoms with Crippen molar-refractivity contribution in [2.24, 2.45) is 0 Å². The molecule has 0 heterocycles. The van der Waals surface area contributed by atoms with Gasteiger partial charge in [0.2, 0.25) is 0 Å². The molecule has 0 radical (unpaired) electrons. The summed E-state index contributed by atoms with van der Waals surface area (Å²) in [5.41, 5.74) is 0. The summed E-state index contributed by atoms with van der Waals surface area (Å²) in [6, 6.07) is 0. The molecular weight excluding hydrogens is 310 g/mol. The van der Waals surface area contributed by atoms with E-state index in [0.717, 1.165) is 0 Å². The summed E-state index contributed by atoms with van der Waals surface area (Å²) < 4.78 is 65.1. The van der Waals surface area contributed by atoms with Gasteiger partial charge in [-0.2, -0.15) is 22.0 Å². The van der Waals surface area contributed by atoms with Gasteiger partial charge in [0, 0.05) is 0 Å². The Bertz CT molecular complexity index is 127. The highest BCUT2D eigenvalue weighted by atomic mass is 79.9. The maximum absolute atomic E-state index is 12.1. The van der Waals surface area contributed by atoms with Gasteiger partial charge in [-0.05, 0) is 31.9 Å². The van der Waals surface area contributed by atoms with E-state index in [-0.39, 0.29) is 0 Å². The van der Waals surface area contributed by atoms with Crippen LogP contribution in [0.2, 0.25) is 0 Å². The second-order valence-corrected chi connectivity index (χ2v) is 3.66. The van der Waals surface area contributed by atoms with Crippen molar-refractivity contribution in [3.63, 3.8) is 0 Å². The van der Waals surface area contributed by atoms with Gasteiger partial charge in [0.1, 0.15) is 0 Å². The Labute approximate surface area is 74.2 Å². The van der Waals surface area contributed by atoms with Crippen LogP contribution in [0.4, 0.5) is 26.3 Å². The van der Waals surface area contributed by atoms with E-state index in [1.165, 1.54) is 31.9 Å². The fourth-order valence-electron chi connectivity index (χ4n) is 0.161. The van der Waals surface area contributed by atoms with Crippen molar-refractivity contribution in [3.8, 4) is 0 Å². The standard InChI is InChI=1S/C3Br2F6/c4-1(6,2(5,7)8)3(9,10)11/t1-/m0/s1. The van der Waals surface area contributed by atoms with Gasteiger partial charge in [-0.15, -0.1) is 0 Å². The Balaban J connectivity index is 4.75. The molecule has 0 bridgehead atoms. The fourth-order valence-corrected chi connectivity index (χ4v) is 0.386. The topological polar surface area (TPSA) is 0 Å². The van der Waals surface area contributed by atoms with E-state index in [0.29, 0.717) is 0 Å². The largest absolute Gasteiger partial charge is 0.439 e. The Morgan fingerprint density at radius 1 is 0.727 bits per heavy atom. The average Bonchev–Trinajstić information content (AvgIpc) is 1.58. The second-order valence-electron chi connectivity index (χ2n) is 1.57. The minimum atomic E-state index is -5.67. The van der Waals surface area contributed by atoms with Gasteiger partial charge in [0.25, 0.3) is 0 Å². The Morgan fingerprint density at radius 3 is 1.00 bits per heavy atom. The van der Waals surface area contributed by atoms with Crippen LogP contribution in [-0.4, -0.2) is 15.6 Å². The lowest BCUT2D eigenvalue weighted by Gasteiger charge is -2.25. The van der Waals surface area contributed by atoms with Gasteiger partial charge >= 0.3 is 15.6 Å². The molecule has 0 spiro atoms. The van der Waals surface area contributed by atoms with E-state index >= 15 is 0 Å². The quantitative estimate of drug-likeness (QED) is 0.513. The second kappa shape index (κ2) is 2.79. The third-order valence-corrected chi connectivity index (χ3v) is 2.74. The van der Waals surface area contributed by atoms with Crippen molar-refractivity contribution >= 4 is 31.9 Å². The smallest absolute Gasteiger partial charge is 0.213 e. The van der Waals surface area contributed by atoms with Crippen LogP contribution in [0.15, 0.2) is 0 Å². The van der Waals surface area contributed by atoms with Crippen LogP contribution in [0.3, 0.4) is 0 Å². The van der Waals surface area contributed by atoms with Crippen LogP contribution in [0.1, 0.15) is 0 Å². The summed E-state index contributed by atoms with van der Waals surface area (Å²) >= 11 is 2.50. The van der Waals surface area contributed by atoms with Crippen molar-refractivity contribution in [2.45, 2.75) is 15.6 Å². The molecule has 0 aliphatic rings. The predicted molar refractivity (Wildman–Crippen MR) is 32.7 cm³/mol. The summed E-state index contributed by atoms with van der Waals surface area (Å²) in [6.07, 6.45) is -5.67. The summed E-state index contributed by atoms with van der Waals surface area (Å²) in [5.74, 6) is 0. The molecule has 0 aliphatic carbocycles. The van der Waals surface area contributed by atoms with Crippen molar-refractivity contribution in [2.75, 3.05) is 0 Å². The first-order chi connectivity index (χ1) is 4.50. The van der Waals surface area contributed by atoms with E-state index in [1.807, 2.05) is 0 Å². The SMILES string of the molecule is FC(F)(F)[C@](F)(Br)C(F)(F)Br. The van der Waals surface area contributed by atoms with Gasteiger partial charge < -0.3 is 0 Å². The van der Waals surface area contributed by atoms with Crippen LogP contribution in [0.5, 0.6) is 0 Å². The minimum Gasteiger partial charge on any atom is -0.213 e. The zero-order chi connectivity index (χ0) is 9.50. The third-order valence-electron chi connectivity index (χ3n) is 0.712. The van der Waals surface area contributed by atoms with Gasteiger partial charge in [-0.25, -0.2) is 4.39 Å². The molecule has 0 unspecified atom stereocenters. The summed E-state index contributed by atoms with van der Waals surface area (Å²) in [6.45, 7) is 0. The van der Waals surface area contributed by atoms with Gasteiger partial charge in [-0.3, -0.25) is 0 Å². The maximum Gasteiger partial charge on any atom is 0.439 e. The zero-order valence-electron chi connectivity index (χ0n) is 4.52. The summed E-state index contributed by atoms with van der Waals surface area (Å²) in [5, 5.41) is 0. The highest BCUT2D eigenvalue weighted by Crippen LogP contribution is 2.52. The Hall–Kier alpha value is 0.540. The zero-order valence-corrected chi connectivity index (χ0v) is 7.70. The molecule has 68 valence electrons. The van der Waals surface area contributed by atoms with Crippen LogP contribution >= 0.6 is 31.9 Å². The third kappa shape index (κ3) is 2.24. The highest BCUT2D eigenvalue weighted by molar-refractivity contribution is 9.12. The number of halogens is 8.